The summed E-state index contributed by atoms with van der Waals surface area (Å²) in [5.74, 6) is 0. The zero-order chi connectivity index (χ0) is 21.4. The van der Waals surface area contributed by atoms with Crippen molar-refractivity contribution < 1.29 is 0 Å². The first-order valence-electron chi connectivity index (χ1n) is 9.64. The van der Waals surface area contributed by atoms with Gasteiger partial charge < -0.3 is 22.9 Å². The molecule has 0 aliphatic heterocycles. The normalized spacial score (nSPS) is 10.8. The molecule has 148 valence electrons. The second-order valence-corrected chi connectivity index (χ2v) is 7.04. The minimum absolute atomic E-state index is 0.331. The van der Waals surface area contributed by atoms with Crippen molar-refractivity contribution in [2.75, 3.05) is 22.9 Å². The van der Waals surface area contributed by atoms with Crippen molar-refractivity contribution in [1.82, 2.24) is 0 Å². The van der Waals surface area contributed by atoms with Crippen LogP contribution in [0.4, 0.5) is 22.7 Å². The summed E-state index contributed by atoms with van der Waals surface area (Å²) in [6, 6.07) is 24.8. The zero-order valence-electron chi connectivity index (χ0n) is 16.7. The summed E-state index contributed by atoms with van der Waals surface area (Å²) >= 11 is 0. The van der Waals surface area contributed by atoms with Gasteiger partial charge in [0.1, 0.15) is 0 Å². The van der Waals surface area contributed by atoms with Gasteiger partial charge in [0.15, 0.2) is 0 Å². The van der Waals surface area contributed by atoms with Crippen LogP contribution in [0.3, 0.4) is 0 Å². The number of hydrogen-bond acceptors (Lipinski definition) is 4. The van der Waals surface area contributed by atoms with Crippen LogP contribution in [0.25, 0.3) is 44.5 Å². The van der Waals surface area contributed by atoms with Crippen molar-refractivity contribution in [1.29, 1.82) is 0 Å². The van der Waals surface area contributed by atoms with Crippen molar-refractivity contribution in [3.63, 3.8) is 0 Å². The van der Waals surface area contributed by atoms with Gasteiger partial charge in [0.2, 0.25) is 0 Å². The molecule has 4 aromatic carbocycles. The molecule has 4 heteroatoms. The van der Waals surface area contributed by atoms with Crippen molar-refractivity contribution in [3.05, 3.63) is 86.0 Å². The van der Waals surface area contributed by atoms with Gasteiger partial charge in [-0.15, -0.1) is 13.2 Å². The van der Waals surface area contributed by atoms with E-state index in [1.54, 1.807) is 0 Å². The highest BCUT2D eigenvalue weighted by Gasteiger charge is 2.27. The van der Waals surface area contributed by atoms with E-state index in [0.717, 1.165) is 44.5 Å². The minimum atomic E-state index is 0.331. The molecule has 1 aliphatic rings. The Balaban J connectivity index is 0.00000106. The SMILES string of the molecule is C=C.Nc1c(N)c(N)c2c(c1N)-c1ccccc1-c1ccccc1-c1ccccc1-2. The highest BCUT2D eigenvalue weighted by atomic mass is 14.8. The average Bonchev–Trinajstić information content (AvgIpc) is 2.80. The molecular formula is C26H24N4. The van der Waals surface area contributed by atoms with E-state index in [2.05, 4.69) is 61.7 Å². The first-order chi connectivity index (χ1) is 14.6. The maximum Gasteiger partial charge on any atom is 0.0809 e. The predicted octanol–water partition coefficient (Wildman–Crippen LogP) is 5.80. The molecule has 1 aliphatic carbocycles. The largest absolute Gasteiger partial charge is 0.396 e. The lowest BCUT2D eigenvalue weighted by Crippen LogP contribution is -2.09. The highest BCUT2D eigenvalue weighted by molar-refractivity contribution is 6.14. The Bertz CT molecular complexity index is 1180. The van der Waals surface area contributed by atoms with Crippen LogP contribution < -0.4 is 22.9 Å². The average molecular weight is 393 g/mol. The summed E-state index contributed by atoms with van der Waals surface area (Å²) in [6.07, 6.45) is 0. The van der Waals surface area contributed by atoms with Gasteiger partial charge in [-0.2, -0.15) is 0 Å². The second kappa shape index (κ2) is 7.33. The molecule has 0 amide bonds. The van der Waals surface area contributed by atoms with Gasteiger partial charge in [-0.05, 0) is 33.4 Å². The summed E-state index contributed by atoms with van der Waals surface area (Å²) in [5, 5.41) is 0. The number of benzene rings is 4. The van der Waals surface area contributed by atoms with Gasteiger partial charge in [0.05, 0.1) is 22.7 Å². The summed E-state index contributed by atoms with van der Waals surface area (Å²) in [7, 11) is 0. The van der Waals surface area contributed by atoms with E-state index in [4.69, 9.17) is 22.9 Å². The second-order valence-electron chi connectivity index (χ2n) is 7.04. The Labute approximate surface area is 176 Å². The number of nitrogen functional groups attached to an aromatic ring is 4. The molecule has 0 saturated carbocycles. The first kappa shape index (κ1) is 19.2. The molecule has 0 bridgehead atoms. The molecule has 0 unspecified atom stereocenters. The third-order valence-corrected chi connectivity index (χ3v) is 5.56. The van der Waals surface area contributed by atoms with Crippen LogP contribution in [0.2, 0.25) is 0 Å². The van der Waals surface area contributed by atoms with Crippen LogP contribution in [-0.4, -0.2) is 0 Å². The lowest BCUT2D eigenvalue weighted by Gasteiger charge is -2.26. The standard InChI is InChI=1S/C24H20N4.C2H4/c25-21-19-17-11-5-3-9-15(17)13-7-1-2-8-14(13)16-10-4-6-12-18(16)20(19)22(26)24(28)23(21)27;1-2/h1-12H,25-28H2;1-2H2. The molecule has 8 N–H and O–H groups in total. The third-order valence-electron chi connectivity index (χ3n) is 5.56. The number of nitrogens with two attached hydrogens (primary N) is 4. The van der Waals surface area contributed by atoms with Crippen molar-refractivity contribution in [3.8, 4) is 44.5 Å². The van der Waals surface area contributed by atoms with Crippen LogP contribution in [0.1, 0.15) is 0 Å². The molecule has 30 heavy (non-hydrogen) atoms. The van der Waals surface area contributed by atoms with E-state index in [1.165, 1.54) is 0 Å². The summed E-state index contributed by atoms with van der Waals surface area (Å²) in [6.45, 7) is 6.00. The van der Waals surface area contributed by atoms with E-state index in [9.17, 15) is 0 Å². The zero-order valence-corrected chi connectivity index (χ0v) is 16.7. The van der Waals surface area contributed by atoms with Crippen LogP contribution in [0.5, 0.6) is 0 Å². The molecular weight excluding hydrogens is 368 g/mol. The quantitative estimate of drug-likeness (QED) is 0.197. The minimum Gasteiger partial charge on any atom is -0.396 e. The van der Waals surface area contributed by atoms with E-state index in [0.29, 0.717) is 22.7 Å². The smallest absolute Gasteiger partial charge is 0.0809 e. The fraction of sp³-hybridized carbons (Fsp3) is 0. The molecule has 0 saturated heterocycles. The van der Waals surface area contributed by atoms with Gasteiger partial charge in [0.25, 0.3) is 0 Å². The van der Waals surface area contributed by atoms with E-state index in [1.807, 2.05) is 24.3 Å². The van der Waals surface area contributed by atoms with E-state index in [-0.39, 0.29) is 0 Å². The van der Waals surface area contributed by atoms with E-state index < -0.39 is 0 Å². The lowest BCUT2D eigenvalue weighted by atomic mass is 9.79. The molecule has 4 nitrogen and oxygen atoms in total. The molecule has 5 rings (SSSR count). The maximum atomic E-state index is 6.52. The van der Waals surface area contributed by atoms with Gasteiger partial charge in [-0.1, -0.05) is 72.8 Å². The van der Waals surface area contributed by atoms with E-state index >= 15 is 0 Å². The number of hydrogen-bond donors (Lipinski definition) is 4. The highest BCUT2D eigenvalue weighted by Crippen LogP contribution is 2.54. The maximum absolute atomic E-state index is 6.52. The predicted molar refractivity (Wildman–Crippen MR) is 131 cm³/mol. The Morgan fingerprint density at radius 3 is 0.900 bits per heavy atom. The summed E-state index contributed by atoms with van der Waals surface area (Å²) in [5.41, 5.74) is 35.2. The number of rotatable bonds is 0. The monoisotopic (exact) mass is 392 g/mol. The topological polar surface area (TPSA) is 104 Å². The Morgan fingerprint density at radius 2 is 0.600 bits per heavy atom. The molecule has 4 aromatic rings. The Kier molecular flexibility index (Phi) is 4.68. The Morgan fingerprint density at radius 1 is 0.367 bits per heavy atom. The molecule has 0 heterocycles. The van der Waals surface area contributed by atoms with Crippen LogP contribution in [0.15, 0.2) is 86.0 Å². The van der Waals surface area contributed by atoms with Crippen molar-refractivity contribution in [2.24, 2.45) is 0 Å². The molecule has 0 spiro atoms. The first-order valence-corrected chi connectivity index (χ1v) is 9.64. The van der Waals surface area contributed by atoms with Crippen LogP contribution in [0, 0.1) is 0 Å². The van der Waals surface area contributed by atoms with Gasteiger partial charge in [0, 0.05) is 11.1 Å². The van der Waals surface area contributed by atoms with Crippen LogP contribution >= 0.6 is 0 Å². The van der Waals surface area contributed by atoms with Crippen LogP contribution in [-0.2, 0) is 0 Å². The molecule has 0 aromatic heterocycles. The summed E-state index contributed by atoms with van der Waals surface area (Å²) < 4.78 is 0. The van der Waals surface area contributed by atoms with Gasteiger partial charge in [-0.25, -0.2) is 0 Å². The Hall–Kier alpha value is -4.18. The van der Waals surface area contributed by atoms with Crippen molar-refractivity contribution >= 4 is 22.7 Å². The fourth-order valence-electron chi connectivity index (χ4n) is 4.21. The van der Waals surface area contributed by atoms with Gasteiger partial charge >= 0.3 is 0 Å². The lowest BCUT2D eigenvalue weighted by molar-refractivity contribution is 1.52. The van der Waals surface area contributed by atoms with Gasteiger partial charge in [-0.3, -0.25) is 0 Å². The summed E-state index contributed by atoms with van der Waals surface area (Å²) in [4.78, 5) is 0. The fourth-order valence-corrected chi connectivity index (χ4v) is 4.21. The third kappa shape index (κ3) is 2.62. The van der Waals surface area contributed by atoms with Crippen molar-refractivity contribution in [2.45, 2.75) is 0 Å². The molecule has 0 radical (unpaired) electrons. The molecule has 0 fully saturated rings. The number of anilines is 4. The molecule has 0 atom stereocenters. The number of fused-ring (bicyclic) bond motifs is 8.